The Morgan fingerprint density at radius 1 is 1.15 bits per heavy atom. The molecule has 0 aliphatic carbocycles. The molecule has 2 amide bonds. The highest BCUT2D eigenvalue weighted by atomic mass is 32.2. The average Bonchev–Trinajstić information content (AvgIpc) is 2.99. The first-order chi connectivity index (χ1) is 13.0. The van der Waals surface area contributed by atoms with Crippen molar-refractivity contribution in [3.05, 3.63) is 65.2 Å². The van der Waals surface area contributed by atoms with Gasteiger partial charge in [-0.05, 0) is 47.9 Å². The van der Waals surface area contributed by atoms with E-state index in [0.29, 0.717) is 18.7 Å². The van der Waals surface area contributed by atoms with Crippen LogP contribution in [0, 0.1) is 5.92 Å². The van der Waals surface area contributed by atoms with Gasteiger partial charge in [0.25, 0.3) is 5.91 Å². The van der Waals surface area contributed by atoms with Gasteiger partial charge in [0.05, 0.1) is 0 Å². The molecule has 1 atom stereocenters. The van der Waals surface area contributed by atoms with Crippen LogP contribution in [0.3, 0.4) is 0 Å². The number of fused-ring (bicyclic) bond motifs is 1. The van der Waals surface area contributed by atoms with Crippen LogP contribution in [0.2, 0.25) is 0 Å². The van der Waals surface area contributed by atoms with Crippen LogP contribution in [0.1, 0.15) is 35.3 Å². The van der Waals surface area contributed by atoms with Crippen molar-refractivity contribution >= 4 is 23.6 Å². The summed E-state index contributed by atoms with van der Waals surface area (Å²) in [4.78, 5) is 28.5. The SMILES string of the molecule is CSc1ccc(CCNC(=O)C(C(C)C)N2Cc3ccccc3C2=O)cc1. The lowest BCUT2D eigenvalue weighted by Crippen LogP contribution is -2.50. The van der Waals surface area contributed by atoms with Crippen molar-refractivity contribution in [1.82, 2.24) is 10.2 Å². The zero-order chi connectivity index (χ0) is 19.4. The van der Waals surface area contributed by atoms with E-state index in [4.69, 9.17) is 0 Å². The summed E-state index contributed by atoms with van der Waals surface area (Å²) in [5.41, 5.74) is 2.90. The van der Waals surface area contributed by atoms with Crippen molar-refractivity contribution in [2.45, 2.75) is 37.8 Å². The number of rotatable bonds is 7. The quantitative estimate of drug-likeness (QED) is 0.742. The Morgan fingerprint density at radius 3 is 2.48 bits per heavy atom. The van der Waals surface area contributed by atoms with Gasteiger partial charge in [-0.3, -0.25) is 9.59 Å². The predicted molar refractivity (Wildman–Crippen MR) is 110 cm³/mol. The van der Waals surface area contributed by atoms with E-state index < -0.39 is 6.04 Å². The Balaban J connectivity index is 1.61. The number of benzene rings is 2. The van der Waals surface area contributed by atoms with Crippen LogP contribution in [-0.2, 0) is 17.8 Å². The van der Waals surface area contributed by atoms with Crippen molar-refractivity contribution in [3.63, 3.8) is 0 Å². The second kappa shape index (κ2) is 8.61. The van der Waals surface area contributed by atoms with E-state index in [1.807, 2.05) is 38.1 Å². The average molecular weight is 383 g/mol. The number of hydrogen-bond donors (Lipinski definition) is 1. The van der Waals surface area contributed by atoms with Gasteiger partial charge < -0.3 is 10.2 Å². The normalized spacial score (nSPS) is 14.4. The van der Waals surface area contributed by atoms with Gasteiger partial charge in [-0.15, -0.1) is 11.8 Å². The Bertz CT molecular complexity index is 817. The molecule has 0 saturated carbocycles. The monoisotopic (exact) mass is 382 g/mol. The maximum Gasteiger partial charge on any atom is 0.255 e. The predicted octanol–water partition coefficient (Wildman–Crippen LogP) is 3.75. The van der Waals surface area contributed by atoms with Gasteiger partial charge in [0, 0.05) is 23.5 Å². The molecule has 1 unspecified atom stereocenters. The fourth-order valence-electron chi connectivity index (χ4n) is 3.53. The molecule has 2 aromatic carbocycles. The summed E-state index contributed by atoms with van der Waals surface area (Å²) in [6.45, 7) is 5.04. The number of nitrogens with one attached hydrogen (secondary N) is 1. The number of nitrogens with zero attached hydrogens (tertiary/aromatic N) is 1. The van der Waals surface area contributed by atoms with Gasteiger partial charge >= 0.3 is 0 Å². The molecule has 0 saturated heterocycles. The summed E-state index contributed by atoms with van der Waals surface area (Å²) in [6, 6.07) is 15.5. The molecule has 3 rings (SSSR count). The lowest BCUT2D eigenvalue weighted by molar-refractivity contribution is -0.127. The van der Waals surface area contributed by atoms with E-state index in [1.165, 1.54) is 10.5 Å². The number of amides is 2. The van der Waals surface area contributed by atoms with E-state index in [2.05, 4.69) is 35.8 Å². The highest BCUT2D eigenvalue weighted by Gasteiger charge is 2.37. The molecule has 0 aromatic heterocycles. The van der Waals surface area contributed by atoms with Crippen LogP contribution >= 0.6 is 11.8 Å². The first kappa shape index (κ1) is 19.5. The molecular weight excluding hydrogens is 356 g/mol. The van der Waals surface area contributed by atoms with Crippen molar-refractivity contribution in [2.75, 3.05) is 12.8 Å². The molecule has 0 radical (unpaired) electrons. The van der Waals surface area contributed by atoms with E-state index in [0.717, 1.165) is 12.0 Å². The van der Waals surface area contributed by atoms with Gasteiger partial charge in [0.15, 0.2) is 0 Å². The molecule has 5 heteroatoms. The minimum absolute atomic E-state index is 0.0455. The molecule has 1 heterocycles. The van der Waals surface area contributed by atoms with Gasteiger partial charge in [0.1, 0.15) is 6.04 Å². The summed E-state index contributed by atoms with van der Waals surface area (Å²) < 4.78 is 0. The number of carbonyl (C=O) groups is 2. The topological polar surface area (TPSA) is 49.4 Å². The molecule has 142 valence electrons. The van der Waals surface area contributed by atoms with Gasteiger partial charge in [-0.1, -0.05) is 44.2 Å². The van der Waals surface area contributed by atoms with Gasteiger partial charge in [-0.25, -0.2) is 0 Å². The third-order valence-corrected chi connectivity index (χ3v) is 5.70. The molecule has 2 aromatic rings. The second-order valence-electron chi connectivity index (χ2n) is 7.17. The Labute approximate surface area is 165 Å². The van der Waals surface area contributed by atoms with Crippen molar-refractivity contribution < 1.29 is 9.59 Å². The first-order valence-electron chi connectivity index (χ1n) is 9.30. The number of carbonyl (C=O) groups excluding carboxylic acids is 2. The van der Waals surface area contributed by atoms with Crippen molar-refractivity contribution in [1.29, 1.82) is 0 Å². The zero-order valence-electron chi connectivity index (χ0n) is 16.1. The maximum absolute atomic E-state index is 12.9. The summed E-state index contributed by atoms with van der Waals surface area (Å²) in [5, 5.41) is 3.03. The van der Waals surface area contributed by atoms with Gasteiger partial charge in [0.2, 0.25) is 5.91 Å². The third kappa shape index (κ3) is 4.35. The highest BCUT2D eigenvalue weighted by molar-refractivity contribution is 7.98. The smallest absolute Gasteiger partial charge is 0.255 e. The van der Waals surface area contributed by atoms with Crippen LogP contribution < -0.4 is 5.32 Å². The first-order valence-corrected chi connectivity index (χ1v) is 10.5. The molecule has 4 nitrogen and oxygen atoms in total. The van der Waals surface area contributed by atoms with Gasteiger partial charge in [-0.2, -0.15) is 0 Å². The molecule has 27 heavy (non-hydrogen) atoms. The summed E-state index contributed by atoms with van der Waals surface area (Å²) >= 11 is 1.72. The highest BCUT2D eigenvalue weighted by Crippen LogP contribution is 2.27. The number of thioether (sulfide) groups is 1. The largest absolute Gasteiger partial charge is 0.354 e. The molecule has 0 spiro atoms. The molecule has 1 aliphatic rings. The molecule has 1 aliphatic heterocycles. The third-order valence-electron chi connectivity index (χ3n) is 4.96. The second-order valence-corrected chi connectivity index (χ2v) is 8.05. The minimum atomic E-state index is -0.455. The lowest BCUT2D eigenvalue weighted by atomic mass is 10.0. The fourth-order valence-corrected chi connectivity index (χ4v) is 3.94. The Kier molecular flexibility index (Phi) is 6.22. The molecule has 1 N–H and O–H groups in total. The van der Waals surface area contributed by atoms with E-state index in [9.17, 15) is 9.59 Å². The summed E-state index contributed by atoms with van der Waals surface area (Å²) in [7, 11) is 0. The minimum Gasteiger partial charge on any atom is -0.354 e. The summed E-state index contributed by atoms with van der Waals surface area (Å²) in [5.74, 6) is -0.0804. The van der Waals surface area contributed by atoms with Crippen molar-refractivity contribution in [3.8, 4) is 0 Å². The van der Waals surface area contributed by atoms with Crippen LogP contribution in [0.5, 0.6) is 0 Å². The summed E-state index contributed by atoms with van der Waals surface area (Å²) in [6.07, 6.45) is 2.83. The standard InChI is InChI=1S/C22H26N2O2S/c1-15(2)20(24-14-17-6-4-5-7-19(17)22(24)26)21(25)23-13-12-16-8-10-18(27-3)11-9-16/h4-11,15,20H,12-14H2,1-3H3,(H,23,25). The molecular formula is C22H26N2O2S. The zero-order valence-corrected chi connectivity index (χ0v) is 16.9. The Hall–Kier alpha value is -2.27. The Morgan fingerprint density at radius 2 is 1.85 bits per heavy atom. The maximum atomic E-state index is 12.9. The van der Waals surface area contributed by atoms with E-state index >= 15 is 0 Å². The van der Waals surface area contributed by atoms with Crippen LogP contribution in [-0.4, -0.2) is 35.6 Å². The van der Waals surface area contributed by atoms with Crippen molar-refractivity contribution in [2.24, 2.45) is 5.92 Å². The van der Waals surface area contributed by atoms with Crippen LogP contribution in [0.25, 0.3) is 0 Å². The lowest BCUT2D eigenvalue weighted by Gasteiger charge is -2.30. The van der Waals surface area contributed by atoms with Crippen LogP contribution in [0.15, 0.2) is 53.4 Å². The van der Waals surface area contributed by atoms with Crippen LogP contribution in [0.4, 0.5) is 0 Å². The molecule has 0 fully saturated rings. The molecule has 0 bridgehead atoms. The fraction of sp³-hybridized carbons (Fsp3) is 0.364. The van der Waals surface area contributed by atoms with E-state index in [1.54, 1.807) is 16.7 Å². The number of hydrogen-bond acceptors (Lipinski definition) is 3. The van der Waals surface area contributed by atoms with E-state index in [-0.39, 0.29) is 17.7 Å².